The lowest BCUT2D eigenvalue weighted by molar-refractivity contribution is -0.385. The molecule has 9 heteroatoms. The van der Waals surface area contributed by atoms with E-state index in [1.165, 1.54) is 0 Å². The Bertz CT molecular complexity index is 576. The normalized spacial score (nSPS) is 14.1. The molecule has 0 spiro atoms. The van der Waals surface area contributed by atoms with E-state index in [0.717, 1.165) is 23.1 Å². The molecule has 1 aliphatic rings. The Morgan fingerprint density at radius 3 is 2.90 bits per heavy atom. The third kappa shape index (κ3) is 2.82. The molecule has 2 amide bonds. The van der Waals surface area contributed by atoms with Gasteiger partial charge in [-0.2, -0.15) is 0 Å². The third-order valence-corrected chi connectivity index (χ3v) is 2.53. The van der Waals surface area contributed by atoms with E-state index in [1.807, 2.05) is 0 Å². The molecule has 1 aromatic carbocycles. The van der Waals surface area contributed by atoms with Gasteiger partial charge in [0.15, 0.2) is 6.61 Å². The van der Waals surface area contributed by atoms with Gasteiger partial charge in [-0.3, -0.25) is 14.9 Å². The van der Waals surface area contributed by atoms with Gasteiger partial charge in [0.25, 0.3) is 5.91 Å². The summed E-state index contributed by atoms with van der Waals surface area (Å²) in [6.45, 7) is -0.448. The van der Waals surface area contributed by atoms with Gasteiger partial charge in [-0.25, -0.2) is 14.1 Å². The number of nitrogens with zero attached hydrogens (tertiary/aromatic N) is 2. The van der Waals surface area contributed by atoms with Gasteiger partial charge in [-0.05, 0) is 6.07 Å². The van der Waals surface area contributed by atoms with Crippen molar-refractivity contribution in [1.82, 2.24) is 4.90 Å². The number of nitro groups is 1. The van der Waals surface area contributed by atoms with Crippen molar-refractivity contribution in [2.75, 3.05) is 19.8 Å². The zero-order chi connectivity index (χ0) is 14.7. The molecule has 0 bridgehead atoms. The molecule has 0 saturated carbocycles. The number of imide groups is 1. The van der Waals surface area contributed by atoms with Gasteiger partial charge in [0.05, 0.1) is 11.5 Å². The second-order valence-corrected chi connectivity index (χ2v) is 3.82. The number of amides is 2. The highest BCUT2D eigenvalue weighted by Gasteiger charge is 2.29. The lowest BCUT2D eigenvalue weighted by Crippen LogP contribution is -2.35. The van der Waals surface area contributed by atoms with E-state index >= 15 is 0 Å². The maximum absolute atomic E-state index is 13.0. The predicted molar refractivity (Wildman–Crippen MR) is 61.6 cm³/mol. The summed E-state index contributed by atoms with van der Waals surface area (Å²) >= 11 is 0. The molecular weight excluding hydrogens is 275 g/mol. The van der Waals surface area contributed by atoms with Gasteiger partial charge in [-0.1, -0.05) is 0 Å². The van der Waals surface area contributed by atoms with Crippen LogP contribution in [-0.4, -0.2) is 41.6 Å². The van der Waals surface area contributed by atoms with E-state index in [0.29, 0.717) is 0 Å². The largest absolute Gasteiger partial charge is 0.477 e. The first-order valence-electron chi connectivity index (χ1n) is 5.53. The Morgan fingerprint density at radius 1 is 1.55 bits per heavy atom. The van der Waals surface area contributed by atoms with Gasteiger partial charge < -0.3 is 9.47 Å². The van der Waals surface area contributed by atoms with Crippen molar-refractivity contribution in [1.29, 1.82) is 0 Å². The average molecular weight is 284 g/mol. The van der Waals surface area contributed by atoms with Crippen LogP contribution in [0.3, 0.4) is 0 Å². The Kier molecular flexibility index (Phi) is 3.78. The van der Waals surface area contributed by atoms with E-state index in [1.54, 1.807) is 0 Å². The number of carbonyl (C=O) groups excluding carboxylic acids is 2. The number of ether oxygens (including phenoxy) is 2. The second kappa shape index (κ2) is 5.51. The molecule has 0 aliphatic carbocycles. The van der Waals surface area contributed by atoms with Gasteiger partial charge in [0.2, 0.25) is 5.75 Å². The van der Waals surface area contributed by atoms with Crippen LogP contribution in [0.15, 0.2) is 18.2 Å². The zero-order valence-corrected chi connectivity index (χ0v) is 10.1. The van der Waals surface area contributed by atoms with Crippen LogP contribution < -0.4 is 4.74 Å². The Morgan fingerprint density at radius 2 is 2.30 bits per heavy atom. The molecule has 106 valence electrons. The Hall–Kier alpha value is -2.71. The maximum Gasteiger partial charge on any atom is 0.416 e. The minimum Gasteiger partial charge on any atom is -0.477 e. The number of halogens is 1. The molecule has 2 rings (SSSR count). The highest BCUT2D eigenvalue weighted by Crippen LogP contribution is 2.27. The number of nitro benzene ring substituents is 1. The fraction of sp³-hybridized carbons (Fsp3) is 0.273. The number of hydrogen-bond donors (Lipinski definition) is 0. The van der Waals surface area contributed by atoms with E-state index in [-0.39, 0.29) is 18.9 Å². The van der Waals surface area contributed by atoms with Crippen molar-refractivity contribution < 1.29 is 28.4 Å². The molecule has 1 aromatic rings. The average Bonchev–Trinajstić information content (AvgIpc) is 2.82. The predicted octanol–water partition coefficient (Wildman–Crippen LogP) is 1.09. The van der Waals surface area contributed by atoms with Crippen LogP contribution in [0.2, 0.25) is 0 Å². The SMILES string of the molecule is O=C(COc1cc(F)ccc1[N+](=O)[O-])N1CCOC1=O. The summed E-state index contributed by atoms with van der Waals surface area (Å²) in [5, 5.41) is 10.7. The first-order chi connectivity index (χ1) is 9.49. The monoisotopic (exact) mass is 284 g/mol. The Labute approximate surface area is 111 Å². The molecule has 1 heterocycles. The molecule has 1 fully saturated rings. The highest BCUT2D eigenvalue weighted by molar-refractivity contribution is 5.93. The number of rotatable bonds is 4. The van der Waals surface area contributed by atoms with Gasteiger partial charge in [-0.15, -0.1) is 0 Å². The lowest BCUT2D eigenvalue weighted by atomic mass is 10.3. The summed E-state index contributed by atoms with van der Waals surface area (Å²) < 4.78 is 22.5. The smallest absolute Gasteiger partial charge is 0.416 e. The molecule has 0 N–H and O–H groups in total. The molecule has 8 nitrogen and oxygen atoms in total. The van der Waals surface area contributed by atoms with Gasteiger partial charge >= 0.3 is 11.8 Å². The van der Waals surface area contributed by atoms with Gasteiger partial charge in [0.1, 0.15) is 12.4 Å². The molecule has 0 radical (unpaired) electrons. The molecule has 0 unspecified atom stereocenters. The first-order valence-corrected chi connectivity index (χ1v) is 5.53. The summed E-state index contributed by atoms with van der Waals surface area (Å²) in [4.78, 5) is 33.5. The maximum atomic E-state index is 13.0. The van der Waals surface area contributed by atoms with Crippen molar-refractivity contribution in [2.24, 2.45) is 0 Å². The topological polar surface area (TPSA) is 99.0 Å². The minimum absolute atomic E-state index is 0.0880. The Balaban J connectivity index is 2.07. The van der Waals surface area contributed by atoms with Crippen molar-refractivity contribution in [3.8, 4) is 5.75 Å². The van der Waals surface area contributed by atoms with Crippen LogP contribution in [0.4, 0.5) is 14.9 Å². The van der Waals surface area contributed by atoms with Crippen LogP contribution in [0.1, 0.15) is 0 Å². The van der Waals surface area contributed by atoms with Crippen LogP contribution in [-0.2, 0) is 9.53 Å². The number of cyclic esters (lactones) is 1. The molecule has 1 saturated heterocycles. The van der Waals surface area contributed by atoms with Crippen LogP contribution in [0, 0.1) is 15.9 Å². The first kappa shape index (κ1) is 13.7. The van der Waals surface area contributed by atoms with E-state index in [2.05, 4.69) is 4.74 Å². The molecular formula is C11H9FN2O6. The van der Waals surface area contributed by atoms with Crippen LogP contribution >= 0.6 is 0 Å². The molecule has 0 atom stereocenters. The number of benzene rings is 1. The van der Waals surface area contributed by atoms with Crippen molar-refractivity contribution in [2.45, 2.75) is 0 Å². The summed E-state index contributed by atoms with van der Waals surface area (Å²) in [5.41, 5.74) is -0.469. The molecule has 1 aliphatic heterocycles. The molecule has 20 heavy (non-hydrogen) atoms. The summed E-state index contributed by atoms with van der Waals surface area (Å²) in [5.74, 6) is -1.83. The van der Waals surface area contributed by atoms with E-state index in [9.17, 15) is 24.1 Å². The fourth-order valence-electron chi connectivity index (χ4n) is 1.59. The van der Waals surface area contributed by atoms with Crippen molar-refractivity contribution >= 4 is 17.7 Å². The van der Waals surface area contributed by atoms with Crippen molar-refractivity contribution in [3.05, 3.63) is 34.1 Å². The van der Waals surface area contributed by atoms with Crippen LogP contribution in [0.25, 0.3) is 0 Å². The quantitative estimate of drug-likeness (QED) is 0.606. The third-order valence-electron chi connectivity index (χ3n) is 2.53. The highest BCUT2D eigenvalue weighted by atomic mass is 19.1. The summed E-state index contributed by atoms with van der Waals surface area (Å²) in [7, 11) is 0. The summed E-state index contributed by atoms with van der Waals surface area (Å²) in [6, 6.07) is 2.64. The summed E-state index contributed by atoms with van der Waals surface area (Å²) in [6.07, 6.45) is -0.799. The second-order valence-electron chi connectivity index (χ2n) is 3.82. The van der Waals surface area contributed by atoms with Gasteiger partial charge in [0, 0.05) is 12.1 Å². The lowest BCUT2D eigenvalue weighted by Gasteiger charge is -2.11. The van der Waals surface area contributed by atoms with Crippen LogP contribution in [0.5, 0.6) is 5.75 Å². The molecule has 0 aromatic heterocycles. The minimum atomic E-state index is -0.799. The fourth-order valence-corrected chi connectivity index (χ4v) is 1.59. The zero-order valence-electron chi connectivity index (χ0n) is 10.1. The standard InChI is InChI=1S/C11H9FN2O6/c12-7-1-2-8(14(17)18)9(5-7)20-6-10(15)13-3-4-19-11(13)16/h1-2,5H,3-4,6H2. The van der Waals surface area contributed by atoms with Crippen molar-refractivity contribution in [3.63, 3.8) is 0 Å². The van der Waals surface area contributed by atoms with E-state index in [4.69, 9.17) is 4.74 Å². The van der Waals surface area contributed by atoms with E-state index < -0.39 is 35.0 Å². The number of carbonyl (C=O) groups is 2. The number of hydrogen-bond acceptors (Lipinski definition) is 6.